The van der Waals surface area contributed by atoms with E-state index in [9.17, 15) is 14.0 Å². The van der Waals surface area contributed by atoms with Crippen molar-refractivity contribution < 1.29 is 14.0 Å². The van der Waals surface area contributed by atoms with Gasteiger partial charge in [-0.25, -0.2) is 4.39 Å². The van der Waals surface area contributed by atoms with Gasteiger partial charge < -0.3 is 9.80 Å². The van der Waals surface area contributed by atoms with Crippen LogP contribution in [0.1, 0.15) is 31.2 Å². The van der Waals surface area contributed by atoms with Crippen LogP contribution in [0.15, 0.2) is 22.7 Å². The largest absolute Gasteiger partial charge is 0.342 e. The number of hydrogen-bond acceptors (Lipinski definition) is 2. The molecule has 1 saturated carbocycles. The molecule has 6 heteroatoms. The number of piperidine rings is 1. The molecule has 4 nitrogen and oxygen atoms in total. The zero-order valence-electron chi connectivity index (χ0n) is 13.8. The second kappa shape index (κ2) is 7.21. The van der Waals surface area contributed by atoms with Gasteiger partial charge in [-0.1, -0.05) is 15.9 Å². The maximum absolute atomic E-state index is 13.9. The van der Waals surface area contributed by atoms with Crippen LogP contribution in [0.3, 0.4) is 0 Å². The van der Waals surface area contributed by atoms with Crippen LogP contribution in [-0.4, -0.2) is 41.8 Å². The van der Waals surface area contributed by atoms with Gasteiger partial charge in [0.2, 0.25) is 11.8 Å². The lowest BCUT2D eigenvalue weighted by Gasteiger charge is -2.33. The monoisotopic (exact) mass is 396 g/mol. The van der Waals surface area contributed by atoms with Crippen LogP contribution in [0.25, 0.3) is 0 Å². The minimum atomic E-state index is -0.303. The fourth-order valence-electron chi connectivity index (χ4n) is 3.24. The second-order valence-electron chi connectivity index (χ2n) is 6.80. The molecule has 1 aliphatic carbocycles. The van der Waals surface area contributed by atoms with E-state index < -0.39 is 0 Å². The average Bonchev–Trinajstić information content (AvgIpc) is 3.42. The molecular weight excluding hydrogens is 375 g/mol. The Morgan fingerprint density at radius 2 is 1.88 bits per heavy atom. The SMILES string of the molecule is CN(Cc1cc(Br)ccc1F)C(=O)C1CCN(C(=O)C2CC2)CC1. The summed E-state index contributed by atoms with van der Waals surface area (Å²) >= 11 is 3.33. The van der Waals surface area contributed by atoms with Crippen molar-refractivity contribution in [2.24, 2.45) is 11.8 Å². The third-order valence-electron chi connectivity index (χ3n) is 4.87. The summed E-state index contributed by atoms with van der Waals surface area (Å²) < 4.78 is 14.7. The van der Waals surface area contributed by atoms with E-state index in [1.807, 2.05) is 4.90 Å². The number of likely N-dealkylation sites (tertiary alicyclic amines) is 1. The lowest BCUT2D eigenvalue weighted by atomic mass is 9.95. The summed E-state index contributed by atoms with van der Waals surface area (Å²) in [6.45, 7) is 1.57. The van der Waals surface area contributed by atoms with Gasteiger partial charge in [0, 0.05) is 48.6 Å². The first kappa shape index (κ1) is 17.4. The number of benzene rings is 1. The normalized spacial score (nSPS) is 18.5. The van der Waals surface area contributed by atoms with Crippen molar-refractivity contribution in [3.63, 3.8) is 0 Å². The van der Waals surface area contributed by atoms with Crippen molar-refractivity contribution in [2.75, 3.05) is 20.1 Å². The Labute approximate surface area is 150 Å². The van der Waals surface area contributed by atoms with E-state index in [4.69, 9.17) is 0 Å². The van der Waals surface area contributed by atoms with Crippen molar-refractivity contribution in [2.45, 2.75) is 32.2 Å². The van der Waals surface area contributed by atoms with E-state index in [-0.39, 0.29) is 36.0 Å². The van der Waals surface area contributed by atoms with E-state index >= 15 is 0 Å². The molecule has 1 aromatic carbocycles. The van der Waals surface area contributed by atoms with E-state index in [1.54, 1.807) is 24.1 Å². The Morgan fingerprint density at radius 3 is 2.50 bits per heavy atom. The molecule has 2 amide bonds. The molecule has 3 rings (SSSR count). The Bertz CT molecular complexity index is 640. The molecular formula is C18H22BrFN2O2. The van der Waals surface area contributed by atoms with Gasteiger partial charge in [-0.3, -0.25) is 9.59 Å². The van der Waals surface area contributed by atoms with Crippen molar-refractivity contribution in [1.82, 2.24) is 9.80 Å². The average molecular weight is 397 g/mol. The molecule has 0 unspecified atom stereocenters. The molecule has 1 aliphatic heterocycles. The third-order valence-corrected chi connectivity index (χ3v) is 5.37. The number of carbonyl (C=O) groups excluding carboxylic acids is 2. The number of rotatable bonds is 4. The lowest BCUT2D eigenvalue weighted by Crippen LogP contribution is -2.43. The Morgan fingerprint density at radius 1 is 1.21 bits per heavy atom. The highest BCUT2D eigenvalue weighted by Gasteiger charge is 2.36. The molecule has 2 fully saturated rings. The van der Waals surface area contributed by atoms with Crippen LogP contribution < -0.4 is 0 Å². The fourth-order valence-corrected chi connectivity index (χ4v) is 3.65. The molecule has 0 bridgehead atoms. The Kier molecular flexibility index (Phi) is 5.23. The molecule has 0 atom stereocenters. The number of nitrogens with zero attached hydrogens (tertiary/aromatic N) is 2. The van der Waals surface area contributed by atoms with Gasteiger partial charge in [-0.2, -0.15) is 0 Å². The minimum absolute atomic E-state index is 0.0351. The van der Waals surface area contributed by atoms with Gasteiger partial charge in [-0.15, -0.1) is 0 Å². The van der Waals surface area contributed by atoms with Gasteiger partial charge in [0.25, 0.3) is 0 Å². The van der Waals surface area contributed by atoms with Gasteiger partial charge >= 0.3 is 0 Å². The Hall–Kier alpha value is -1.43. The zero-order valence-corrected chi connectivity index (χ0v) is 15.4. The predicted molar refractivity (Wildman–Crippen MR) is 92.6 cm³/mol. The van der Waals surface area contributed by atoms with Gasteiger partial charge in [0.05, 0.1) is 0 Å². The molecule has 1 heterocycles. The van der Waals surface area contributed by atoms with Gasteiger partial charge in [0.15, 0.2) is 0 Å². The van der Waals surface area contributed by atoms with Crippen LogP contribution in [-0.2, 0) is 16.1 Å². The molecule has 130 valence electrons. The number of amides is 2. The van der Waals surface area contributed by atoms with Crippen molar-refractivity contribution in [3.8, 4) is 0 Å². The summed E-state index contributed by atoms with van der Waals surface area (Å²) in [5.74, 6) is 0.147. The quantitative estimate of drug-likeness (QED) is 0.783. The third kappa shape index (κ3) is 3.97. The highest BCUT2D eigenvalue weighted by atomic mass is 79.9. The maximum atomic E-state index is 13.9. The van der Waals surface area contributed by atoms with Gasteiger partial charge in [-0.05, 0) is 43.9 Å². The standard InChI is InChI=1S/C18H22BrFN2O2/c1-21(11-14-10-15(19)4-5-16(14)20)17(23)13-6-8-22(9-7-13)18(24)12-2-3-12/h4-5,10,12-13H,2-3,6-9,11H2,1H3. The topological polar surface area (TPSA) is 40.6 Å². The molecule has 1 aromatic rings. The fraction of sp³-hybridized carbons (Fsp3) is 0.556. The summed E-state index contributed by atoms with van der Waals surface area (Å²) in [5.41, 5.74) is 0.501. The van der Waals surface area contributed by atoms with E-state index in [0.717, 1.165) is 17.3 Å². The van der Waals surface area contributed by atoms with Crippen LogP contribution in [0.4, 0.5) is 4.39 Å². The van der Waals surface area contributed by atoms with Crippen molar-refractivity contribution in [1.29, 1.82) is 0 Å². The lowest BCUT2D eigenvalue weighted by molar-refractivity contribution is -0.140. The van der Waals surface area contributed by atoms with Crippen LogP contribution in [0, 0.1) is 17.7 Å². The number of hydrogen-bond donors (Lipinski definition) is 0. The summed E-state index contributed by atoms with van der Waals surface area (Å²) in [5, 5.41) is 0. The predicted octanol–water partition coefficient (Wildman–Crippen LogP) is 3.20. The molecule has 2 aliphatic rings. The first-order chi connectivity index (χ1) is 11.5. The smallest absolute Gasteiger partial charge is 0.225 e. The van der Waals surface area contributed by atoms with E-state index in [0.29, 0.717) is 31.5 Å². The highest BCUT2D eigenvalue weighted by Crippen LogP contribution is 2.32. The molecule has 0 spiro atoms. The summed E-state index contributed by atoms with van der Waals surface area (Å²) in [7, 11) is 1.71. The molecule has 0 aromatic heterocycles. The number of carbonyl (C=O) groups is 2. The first-order valence-corrected chi connectivity index (χ1v) is 9.22. The van der Waals surface area contributed by atoms with E-state index in [2.05, 4.69) is 15.9 Å². The van der Waals surface area contributed by atoms with Crippen LogP contribution in [0.2, 0.25) is 0 Å². The molecule has 0 radical (unpaired) electrons. The Balaban J connectivity index is 1.54. The molecule has 24 heavy (non-hydrogen) atoms. The van der Waals surface area contributed by atoms with Crippen molar-refractivity contribution >= 4 is 27.7 Å². The summed E-state index contributed by atoms with van der Waals surface area (Å²) in [6, 6.07) is 4.75. The summed E-state index contributed by atoms with van der Waals surface area (Å²) in [6.07, 6.45) is 3.42. The summed E-state index contributed by atoms with van der Waals surface area (Å²) in [4.78, 5) is 28.2. The maximum Gasteiger partial charge on any atom is 0.225 e. The van der Waals surface area contributed by atoms with Crippen LogP contribution >= 0.6 is 15.9 Å². The van der Waals surface area contributed by atoms with Crippen LogP contribution in [0.5, 0.6) is 0 Å². The van der Waals surface area contributed by atoms with Gasteiger partial charge in [0.1, 0.15) is 5.82 Å². The van der Waals surface area contributed by atoms with E-state index in [1.165, 1.54) is 6.07 Å². The zero-order chi connectivity index (χ0) is 17.3. The number of halogens is 2. The first-order valence-electron chi connectivity index (χ1n) is 8.43. The minimum Gasteiger partial charge on any atom is -0.342 e. The van der Waals surface area contributed by atoms with Crippen molar-refractivity contribution in [3.05, 3.63) is 34.1 Å². The highest BCUT2D eigenvalue weighted by molar-refractivity contribution is 9.10. The molecule has 0 N–H and O–H groups in total. The second-order valence-corrected chi connectivity index (χ2v) is 7.72. The molecule has 1 saturated heterocycles.